The van der Waals surface area contributed by atoms with E-state index in [-0.39, 0.29) is 0 Å². The Hall–Kier alpha value is -1.01. The van der Waals surface area contributed by atoms with E-state index in [9.17, 15) is 5.11 Å². The SMILES string of the molecule is CCCN1CCCC(O)(Cc2nnn(C)n2)CC1. The summed E-state index contributed by atoms with van der Waals surface area (Å²) in [6, 6.07) is 0. The number of aryl methyl sites for hydroxylation is 1. The molecule has 1 fully saturated rings. The molecule has 0 saturated carbocycles. The maximum absolute atomic E-state index is 10.7. The third-order valence-corrected chi connectivity index (χ3v) is 3.59. The van der Waals surface area contributed by atoms with E-state index >= 15 is 0 Å². The zero-order valence-electron chi connectivity index (χ0n) is 11.3. The van der Waals surface area contributed by atoms with Crippen molar-refractivity contribution in [2.24, 2.45) is 7.05 Å². The van der Waals surface area contributed by atoms with E-state index in [1.165, 1.54) is 11.2 Å². The number of rotatable bonds is 4. The van der Waals surface area contributed by atoms with Crippen LogP contribution in [0.5, 0.6) is 0 Å². The largest absolute Gasteiger partial charge is 0.389 e. The Morgan fingerprint density at radius 3 is 2.83 bits per heavy atom. The molecular formula is C12H23N5O. The van der Waals surface area contributed by atoms with Gasteiger partial charge in [-0.2, -0.15) is 4.80 Å². The highest BCUT2D eigenvalue weighted by atomic mass is 16.3. The van der Waals surface area contributed by atoms with E-state index in [4.69, 9.17) is 0 Å². The van der Waals surface area contributed by atoms with E-state index in [1.807, 2.05) is 0 Å². The van der Waals surface area contributed by atoms with Gasteiger partial charge in [0.05, 0.1) is 12.6 Å². The van der Waals surface area contributed by atoms with Crippen molar-refractivity contribution < 1.29 is 5.11 Å². The molecule has 102 valence electrons. The van der Waals surface area contributed by atoms with Gasteiger partial charge in [0, 0.05) is 13.0 Å². The van der Waals surface area contributed by atoms with Crippen molar-refractivity contribution in [2.45, 2.75) is 44.6 Å². The summed E-state index contributed by atoms with van der Waals surface area (Å²) in [4.78, 5) is 3.88. The molecule has 1 atom stereocenters. The number of aliphatic hydroxyl groups is 1. The molecule has 1 N–H and O–H groups in total. The first-order chi connectivity index (χ1) is 8.61. The van der Waals surface area contributed by atoms with Crippen LogP contribution in [0.2, 0.25) is 0 Å². The number of nitrogens with zero attached hydrogens (tertiary/aromatic N) is 5. The van der Waals surface area contributed by atoms with Gasteiger partial charge in [-0.05, 0) is 44.0 Å². The molecule has 2 heterocycles. The zero-order valence-corrected chi connectivity index (χ0v) is 11.3. The van der Waals surface area contributed by atoms with Crippen LogP contribution in [0.25, 0.3) is 0 Å². The Morgan fingerprint density at radius 2 is 2.17 bits per heavy atom. The lowest BCUT2D eigenvalue weighted by Crippen LogP contribution is -2.34. The molecule has 0 radical (unpaired) electrons. The Kier molecular flexibility index (Phi) is 4.29. The van der Waals surface area contributed by atoms with Gasteiger partial charge in [-0.1, -0.05) is 6.92 Å². The van der Waals surface area contributed by atoms with Gasteiger partial charge in [0.25, 0.3) is 0 Å². The molecule has 2 rings (SSSR count). The van der Waals surface area contributed by atoms with Gasteiger partial charge < -0.3 is 10.0 Å². The molecule has 1 aliphatic heterocycles. The summed E-state index contributed by atoms with van der Waals surface area (Å²) < 4.78 is 0. The fraction of sp³-hybridized carbons (Fsp3) is 0.917. The molecule has 1 aromatic rings. The fourth-order valence-electron chi connectivity index (χ4n) is 2.64. The molecule has 1 saturated heterocycles. The monoisotopic (exact) mass is 253 g/mol. The number of likely N-dealkylation sites (tertiary alicyclic amines) is 1. The van der Waals surface area contributed by atoms with Crippen LogP contribution in [-0.4, -0.2) is 55.4 Å². The Bertz CT molecular complexity index is 380. The summed E-state index contributed by atoms with van der Waals surface area (Å²) in [6.07, 6.45) is 4.35. The molecule has 1 aromatic heterocycles. The fourth-order valence-corrected chi connectivity index (χ4v) is 2.64. The highest BCUT2D eigenvalue weighted by molar-refractivity contribution is 4.93. The molecule has 0 amide bonds. The standard InChI is InChI=1S/C12H23N5O/c1-3-7-17-8-4-5-12(18,6-9-17)10-11-13-15-16(2)14-11/h18H,3-10H2,1-2H3. The van der Waals surface area contributed by atoms with Crippen molar-refractivity contribution in [1.82, 2.24) is 25.1 Å². The number of tetrazole rings is 1. The normalized spacial score (nSPS) is 26.2. The van der Waals surface area contributed by atoms with Gasteiger partial charge in [0.1, 0.15) is 0 Å². The minimum absolute atomic E-state index is 0.515. The van der Waals surface area contributed by atoms with Gasteiger partial charge in [0.2, 0.25) is 0 Å². The Labute approximate surface area is 108 Å². The summed E-state index contributed by atoms with van der Waals surface area (Å²) in [5.74, 6) is 0.643. The van der Waals surface area contributed by atoms with E-state index in [0.717, 1.165) is 38.9 Å². The van der Waals surface area contributed by atoms with Crippen LogP contribution in [0.1, 0.15) is 38.4 Å². The molecule has 1 aliphatic rings. The van der Waals surface area contributed by atoms with Crippen LogP contribution < -0.4 is 0 Å². The van der Waals surface area contributed by atoms with Gasteiger partial charge >= 0.3 is 0 Å². The van der Waals surface area contributed by atoms with Crippen LogP contribution >= 0.6 is 0 Å². The smallest absolute Gasteiger partial charge is 0.177 e. The summed E-state index contributed by atoms with van der Waals surface area (Å²) in [5, 5.41) is 22.6. The van der Waals surface area contributed by atoms with Crippen molar-refractivity contribution in [3.8, 4) is 0 Å². The van der Waals surface area contributed by atoms with E-state index in [2.05, 4.69) is 27.2 Å². The van der Waals surface area contributed by atoms with Crippen molar-refractivity contribution in [3.05, 3.63) is 5.82 Å². The quantitative estimate of drug-likeness (QED) is 0.840. The molecule has 6 nitrogen and oxygen atoms in total. The zero-order chi connectivity index (χ0) is 13.0. The molecule has 18 heavy (non-hydrogen) atoms. The molecule has 0 spiro atoms. The van der Waals surface area contributed by atoms with Crippen LogP contribution in [0.4, 0.5) is 0 Å². The third kappa shape index (κ3) is 3.49. The van der Waals surface area contributed by atoms with Gasteiger partial charge in [-0.3, -0.25) is 0 Å². The summed E-state index contributed by atoms with van der Waals surface area (Å²) >= 11 is 0. The third-order valence-electron chi connectivity index (χ3n) is 3.59. The van der Waals surface area contributed by atoms with Crippen molar-refractivity contribution in [1.29, 1.82) is 0 Å². The lowest BCUT2D eigenvalue weighted by molar-refractivity contribution is 0.0238. The Balaban J connectivity index is 1.94. The molecule has 0 aromatic carbocycles. The second kappa shape index (κ2) is 5.75. The predicted octanol–water partition coefficient (Wildman–Crippen LogP) is 0.380. The maximum atomic E-state index is 10.7. The Morgan fingerprint density at radius 1 is 1.33 bits per heavy atom. The van der Waals surface area contributed by atoms with Crippen molar-refractivity contribution in [2.75, 3.05) is 19.6 Å². The number of hydrogen-bond acceptors (Lipinski definition) is 5. The molecule has 1 unspecified atom stereocenters. The van der Waals surface area contributed by atoms with Crippen LogP contribution in [0, 0.1) is 0 Å². The van der Waals surface area contributed by atoms with Crippen LogP contribution in [0.3, 0.4) is 0 Å². The molecule has 6 heteroatoms. The molecule has 0 bridgehead atoms. The lowest BCUT2D eigenvalue weighted by atomic mass is 9.91. The average Bonchev–Trinajstić information content (AvgIpc) is 2.62. The average molecular weight is 253 g/mol. The van der Waals surface area contributed by atoms with Crippen molar-refractivity contribution >= 4 is 0 Å². The highest BCUT2D eigenvalue weighted by Gasteiger charge is 2.31. The van der Waals surface area contributed by atoms with E-state index < -0.39 is 5.60 Å². The van der Waals surface area contributed by atoms with Gasteiger partial charge in [-0.15, -0.1) is 10.2 Å². The van der Waals surface area contributed by atoms with Gasteiger partial charge in [-0.25, -0.2) is 0 Å². The first-order valence-electron chi connectivity index (χ1n) is 6.79. The number of hydrogen-bond donors (Lipinski definition) is 1. The topological polar surface area (TPSA) is 67.1 Å². The summed E-state index contributed by atoms with van der Waals surface area (Å²) in [5.41, 5.74) is -0.661. The molecular weight excluding hydrogens is 230 g/mol. The van der Waals surface area contributed by atoms with E-state index in [1.54, 1.807) is 7.05 Å². The van der Waals surface area contributed by atoms with Crippen LogP contribution in [-0.2, 0) is 13.5 Å². The van der Waals surface area contributed by atoms with Crippen LogP contribution in [0.15, 0.2) is 0 Å². The predicted molar refractivity (Wildman–Crippen MR) is 68.0 cm³/mol. The first kappa shape index (κ1) is 13.4. The second-order valence-electron chi connectivity index (χ2n) is 5.29. The minimum atomic E-state index is -0.661. The first-order valence-corrected chi connectivity index (χ1v) is 6.79. The van der Waals surface area contributed by atoms with E-state index in [0.29, 0.717) is 12.2 Å². The second-order valence-corrected chi connectivity index (χ2v) is 5.29. The van der Waals surface area contributed by atoms with Gasteiger partial charge in [0.15, 0.2) is 5.82 Å². The number of aromatic nitrogens is 4. The highest BCUT2D eigenvalue weighted by Crippen LogP contribution is 2.25. The summed E-state index contributed by atoms with van der Waals surface area (Å²) in [7, 11) is 1.75. The minimum Gasteiger partial charge on any atom is -0.389 e. The lowest BCUT2D eigenvalue weighted by Gasteiger charge is -2.25. The van der Waals surface area contributed by atoms with Crippen molar-refractivity contribution in [3.63, 3.8) is 0 Å². The maximum Gasteiger partial charge on any atom is 0.177 e. The summed E-state index contributed by atoms with van der Waals surface area (Å²) in [6.45, 7) is 5.37. The molecule has 0 aliphatic carbocycles.